The zero-order chi connectivity index (χ0) is 19.0. The highest BCUT2D eigenvalue weighted by Gasteiger charge is 2.14. The summed E-state index contributed by atoms with van der Waals surface area (Å²) in [6, 6.07) is 10.4. The predicted octanol–water partition coefficient (Wildman–Crippen LogP) is 4.42. The van der Waals surface area contributed by atoms with Gasteiger partial charge in [0.2, 0.25) is 4.96 Å². The van der Waals surface area contributed by atoms with Crippen molar-refractivity contribution in [2.24, 2.45) is 0 Å². The standard InChI is InChI=1S/C17H11Cl2N5O2S/c1-26-14-12(18)6-10(7-13(14)19)15(25)21-11-4-2-3-9(5-11)16-23-24-8-20-22-17(24)27-16/h2-8H,1H3,(H,21,25). The molecule has 4 rings (SSSR count). The maximum Gasteiger partial charge on any atom is 0.255 e. The molecule has 27 heavy (non-hydrogen) atoms. The topological polar surface area (TPSA) is 81.4 Å². The van der Waals surface area contributed by atoms with E-state index in [2.05, 4.69) is 20.6 Å². The summed E-state index contributed by atoms with van der Waals surface area (Å²) in [6.45, 7) is 0. The normalized spacial score (nSPS) is 10.9. The highest BCUT2D eigenvalue weighted by molar-refractivity contribution is 7.19. The van der Waals surface area contributed by atoms with Gasteiger partial charge in [-0.1, -0.05) is 46.7 Å². The predicted molar refractivity (Wildman–Crippen MR) is 105 cm³/mol. The summed E-state index contributed by atoms with van der Waals surface area (Å²) in [4.78, 5) is 13.3. The quantitative estimate of drug-likeness (QED) is 0.529. The molecule has 7 nitrogen and oxygen atoms in total. The van der Waals surface area contributed by atoms with Crippen LogP contribution < -0.4 is 10.1 Å². The van der Waals surface area contributed by atoms with Gasteiger partial charge >= 0.3 is 0 Å². The Kier molecular flexibility index (Phi) is 4.69. The largest absolute Gasteiger partial charge is 0.494 e. The lowest BCUT2D eigenvalue weighted by atomic mass is 10.1. The highest BCUT2D eigenvalue weighted by atomic mass is 35.5. The van der Waals surface area contributed by atoms with Gasteiger partial charge in [0, 0.05) is 16.8 Å². The first kappa shape index (κ1) is 17.7. The van der Waals surface area contributed by atoms with Gasteiger partial charge in [-0.3, -0.25) is 4.79 Å². The number of methoxy groups -OCH3 is 1. The Balaban J connectivity index is 1.59. The number of carbonyl (C=O) groups is 1. The van der Waals surface area contributed by atoms with E-state index in [1.54, 1.807) is 10.6 Å². The van der Waals surface area contributed by atoms with Crippen molar-refractivity contribution in [3.8, 4) is 16.3 Å². The van der Waals surface area contributed by atoms with E-state index < -0.39 is 0 Å². The molecule has 0 unspecified atom stereocenters. The van der Waals surface area contributed by atoms with Crippen molar-refractivity contribution in [2.75, 3.05) is 12.4 Å². The second-order valence-electron chi connectivity index (χ2n) is 5.47. The third kappa shape index (κ3) is 3.46. The van der Waals surface area contributed by atoms with Gasteiger partial charge in [-0.05, 0) is 24.3 Å². The lowest BCUT2D eigenvalue weighted by molar-refractivity contribution is 0.102. The van der Waals surface area contributed by atoms with E-state index in [0.29, 0.717) is 22.0 Å². The van der Waals surface area contributed by atoms with Crippen molar-refractivity contribution in [3.05, 3.63) is 58.3 Å². The highest BCUT2D eigenvalue weighted by Crippen LogP contribution is 2.34. The molecule has 0 saturated carbocycles. The summed E-state index contributed by atoms with van der Waals surface area (Å²) in [7, 11) is 1.46. The number of hydrogen-bond donors (Lipinski definition) is 1. The molecule has 0 aliphatic rings. The molecular formula is C17H11Cl2N5O2S. The molecule has 2 aromatic heterocycles. The monoisotopic (exact) mass is 419 g/mol. The van der Waals surface area contributed by atoms with Crippen molar-refractivity contribution >= 4 is 51.1 Å². The Morgan fingerprint density at radius 1 is 1.22 bits per heavy atom. The lowest BCUT2D eigenvalue weighted by Gasteiger charge is -2.10. The molecule has 0 spiro atoms. The molecule has 0 aliphatic carbocycles. The minimum Gasteiger partial charge on any atom is -0.494 e. The summed E-state index contributed by atoms with van der Waals surface area (Å²) in [5.41, 5.74) is 1.80. The van der Waals surface area contributed by atoms with Crippen LogP contribution in [0.5, 0.6) is 5.75 Å². The minimum atomic E-state index is -0.336. The summed E-state index contributed by atoms with van der Waals surface area (Å²) < 4.78 is 6.70. The lowest BCUT2D eigenvalue weighted by Crippen LogP contribution is -2.12. The van der Waals surface area contributed by atoms with E-state index in [1.807, 2.05) is 18.2 Å². The second kappa shape index (κ2) is 7.15. The number of amides is 1. The molecule has 0 saturated heterocycles. The summed E-state index contributed by atoms with van der Waals surface area (Å²) in [5, 5.41) is 16.3. The van der Waals surface area contributed by atoms with Gasteiger partial charge in [-0.15, -0.1) is 10.2 Å². The van der Waals surface area contributed by atoms with Gasteiger partial charge < -0.3 is 10.1 Å². The number of halogens is 2. The third-order valence-electron chi connectivity index (χ3n) is 3.72. The fourth-order valence-electron chi connectivity index (χ4n) is 2.50. The smallest absolute Gasteiger partial charge is 0.255 e. The Morgan fingerprint density at radius 3 is 2.70 bits per heavy atom. The number of hydrogen-bond acceptors (Lipinski definition) is 6. The summed E-state index contributed by atoms with van der Waals surface area (Å²) in [5.74, 6) is -0.00287. The van der Waals surface area contributed by atoms with Gasteiger partial charge in [0.1, 0.15) is 11.3 Å². The Hall–Kier alpha value is -2.68. The van der Waals surface area contributed by atoms with Crippen LogP contribution in [-0.2, 0) is 0 Å². The third-order valence-corrected chi connectivity index (χ3v) is 5.24. The number of ether oxygens (including phenoxy) is 1. The summed E-state index contributed by atoms with van der Waals surface area (Å²) in [6.07, 6.45) is 1.54. The van der Waals surface area contributed by atoms with Gasteiger partial charge in [0.25, 0.3) is 5.91 Å². The molecule has 10 heteroatoms. The molecule has 4 aromatic rings. The van der Waals surface area contributed by atoms with Gasteiger partial charge in [0.15, 0.2) is 5.75 Å². The molecular weight excluding hydrogens is 409 g/mol. The maximum atomic E-state index is 12.6. The number of nitrogens with zero attached hydrogens (tertiary/aromatic N) is 4. The maximum absolute atomic E-state index is 12.6. The van der Waals surface area contributed by atoms with E-state index in [1.165, 1.54) is 36.9 Å². The van der Waals surface area contributed by atoms with Gasteiger partial charge in [0.05, 0.1) is 17.2 Å². The minimum absolute atomic E-state index is 0.267. The number of carbonyl (C=O) groups excluding carboxylic acids is 1. The van der Waals surface area contributed by atoms with E-state index in [9.17, 15) is 4.79 Å². The molecule has 0 aliphatic heterocycles. The number of anilines is 1. The van der Waals surface area contributed by atoms with Crippen LogP contribution in [0.25, 0.3) is 15.5 Å². The second-order valence-corrected chi connectivity index (χ2v) is 7.24. The van der Waals surface area contributed by atoms with Crippen LogP contribution in [0.3, 0.4) is 0 Å². The van der Waals surface area contributed by atoms with Crippen LogP contribution >= 0.6 is 34.5 Å². The number of nitrogens with one attached hydrogen (secondary N) is 1. The molecule has 0 bridgehead atoms. The molecule has 0 fully saturated rings. The van der Waals surface area contributed by atoms with Crippen LogP contribution in [0.4, 0.5) is 5.69 Å². The Morgan fingerprint density at radius 2 is 2.00 bits per heavy atom. The van der Waals surface area contributed by atoms with Crippen LogP contribution in [0, 0.1) is 0 Å². The number of fused-ring (bicyclic) bond motifs is 1. The van der Waals surface area contributed by atoms with Crippen LogP contribution in [0.15, 0.2) is 42.7 Å². The summed E-state index contributed by atoms with van der Waals surface area (Å²) >= 11 is 13.6. The van der Waals surface area contributed by atoms with Crippen molar-refractivity contribution in [3.63, 3.8) is 0 Å². The van der Waals surface area contributed by atoms with Crippen molar-refractivity contribution in [1.82, 2.24) is 19.8 Å². The first-order valence-electron chi connectivity index (χ1n) is 7.67. The average Bonchev–Trinajstić information content (AvgIpc) is 3.23. The fraction of sp³-hybridized carbons (Fsp3) is 0.0588. The molecule has 0 atom stereocenters. The molecule has 0 radical (unpaired) electrons. The number of benzene rings is 2. The first-order chi connectivity index (χ1) is 13.0. The Bertz CT molecular complexity index is 1110. The molecule has 1 N–H and O–H groups in total. The number of aromatic nitrogens is 4. The average molecular weight is 420 g/mol. The van der Waals surface area contributed by atoms with E-state index in [4.69, 9.17) is 27.9 Å². The van der Waals surface area contributed by atoms with Crippen LogP contribution in [-0.4, -0.2) is 32.8 Å². The molecule has 2 heterocycles. The van der Waals surface area contributed by atoms with Crippen molar-refractivity contribution in [1.29, 1.82) is 0 Å². The Labute approximate surface area is 167 Å². The van der Waals surface area contributed by atoms with Crippen molar-refractivity contribution < 1.29 is 9.53 Å². The van der Waals surface area contributed by atoms with E-state index in [0.717, 1.165) is 10.6 Å². The van der Waals surface area contributed by atoms with Gasteiger partial charge in [-0.25, -0.2) is 0 Å². The first-order valence-corrected chi connectivity index (χ1v) is 9.24. The van der Waals surface area contributed by atoms with Gasteiger partial charge in [-0.2, -0.15) is 9.61 Å². The van der Waals surface area contributed by atoms with E-state index in [-0.39, 0.29) is 16.0 Å². The number of rotatable bonds is 4. The van der Waals surface area contributed by atoms with Crippen LogP contribution in [0.2, 0.25) is 10.0 Å². The SMILES string of the molecule is COc1c(Cl)cc(C(=O)Nc2cccc(-c3nn4cnnc4s3)c2)cc1Cl. The van der Waals surface area contributed by atoms with Crippen LogP contribution in [0.1, 0.15) is 10.4 Å². The fourth-order valence-corrected chi connectivity index (χ4v) is 3.95. The van der Waals surface area contributed by atoms with Crippen molar-refractivity contribution in [2.45, 2.75) is 0 Å². The molecule has 136 valence electrons. The zero-order valence-corrected chi connectivity index (χ0v) is 16.1. The molecule has 1 amide bonds. The molecule has 2 aromatic carbocycles. The zero-order valence-electron chi connectivity index (χ0n) is 13.8. The van der Waals surface area contributed by atoms with E-state index >= 15 is 0 Å².